The smallest absolute Gasteiger partial charge is 0.361 e. The van der Waals surface area contributed by atoms with Gasteiger partial charge in [0, 0.05) is 18.8 Å². The summed E-state index contributed by atoms with van der Waals surface area (Å²) < 4.78 is 11.6. The number of hydrogen-bond acceptors (Lipinski definition) is 7. The summed E-state index contributed by atoms with van der Waals surface area (Å²) in [5.74, 6) is -1.10. The molecule has 0 atom stereocenters. The van der Waals surface area contributed by atoms with Gasteiger partial charge < -0.3 is 19.7 Å². The van der Waals surface area contributed by atoms with Crippen LogP contribution in [0.1, 0.15) is 16.1 Å². The molecule has 0 aliphatic rings. The number of rotatable bonds is 9. The molecule has 0 aliphatic heterocycles. The number of benzene rings is 2. The number of ether oxygens (including phenoxy) is 2. The van der Waals surface area contributed by atoms with Gasteiger partial charge in [-0.15, -0.1) is 5.10 Å². The minimum atomic E-state index is -0.771. The molecule has 0 saturated carbocycles. The van der Waals surface area contributed by atoms with Gasteiger partial charge in [0.2, 0.25) is 5.91 Å². The van der Waals surface area contributed by atoms with E-state index in [9.17, 15) is 14.4 Å². The molecule has 0 aliphatic carbocycles. The second-order valence-corrected chi connectivity index (χ2v) is 6.89. The lowest BCUT2D eigenvalue weighted by Crippen LogP contribution is -2.37. The third kappa shape index (κ3) is 6.39. The summed E-state index contributed by atoms with van der Waals surface area (Å²) in [4.78, 5) is 37.7. The summed E-state index contributed by atoms with van der Waals surface area (Å²) in [5.41, 5.74) is 1.54. The lowest BCUT2D eigenvalue weighted by molar-refractivity contribution is -0.136. The Morgan fingerprint density at radius 2 is 1.88 bits per heavy atom. The molecule has 0 unspecified atom stereocenters. The van der Waals surface area contributed by atoms with Crippen LogP contribution < -0.4 is 10.1 Å². The zero-order valence-electron chi connectivity index (χ0n) is 17.7. The molecule has 3 aromatic rings. The first-order valence-corrected chi connectivity index (χ1v) is 9.73. The van der Waals surface area contributed by atoms with Crippen LogP contribution in [-0.2, 0) is 20.9 Å². The molecule has 166 valence electrons. The maximum Gasteiger partial charge on any atom is 0.361 e. The van der Waals surface area contributed by atoms with Crippen LogP contribution in [0.25, 0.3) is 0 Å². The molecule has 1 heterocycles. The molecule has 3 rings (SSSR count). The lowest BCUT2D eigenvalue weighted by Gasteiger charge is -2.16. The third-order valence-corrected chi connectivity index (χ3v) is 4.42. The van der Waals surface area contributed by atoms with E-state index in [0.29, 0.717) is 18.0 Å². The Balaban J connectivity index is 1.45. The number of methoxy groups -OCH3 is 1. The van der Waals surface area contributed by atoms with Crippen LogP contribution in [0.15, 0.2) is 60.8 Å². The zero-order valence-corrected chi connectivity index (χ0v) is 17.7. The van der Waals surface area contributed by atoms with Crippen LogP contribution >= 0.6 is 0 Å². The molecule has 2 aromatic carbocycles. The molecule has 10 nitrogen and oxygen atoms in total. The number of anilines is 1. The molecular weight excluding hydrogens is 414 g/mol. The number of hydrogen-bond donors (Lipinski definition) is 1. The van der Waals surface area contributed by atoms with E-state index in [1.54, 1.807) is 24.3 Å². The fourth-order valence-electron chi connectivity index (χ4n) is 2.76. The Bertz CT molecular complexity index is 1080. The Labute approximate surface area is 184 Å². The van der Waals surface area contributed by atoms with E-state index in [4.69, 9.17) is 9.47 Å². The molecule has 0 radical (unpaired) electrons. The summed E-state index contributed by atoms with van der Waals surface area (Å²) in [6.45, 7) is -0.278. The van der Waals surface area contributed by atoms with E-state index in [1.165, 1.54) is 25.0 Å². The highest BCUT2D eigenvalue weighted by molar-refractivity contribution is 5.95. The van der Waals surface area contributed by atoms with E-state index in [0.717, 1.165) is 10.5 Å². The molecular formula is C22H23N5O5. The van der Waals surface area contributed by atoms with Crippen LogP contribution in [-0.4, -0.2) is 65.0 Å². The van der Waals surface area contributed by atoms with E-state index < -0.39 is 24.4 Å². The molecule has 1 aromatic heterocycles. The van der Waals surface area contributed by atoms with Gasteiger partial charge in [0.1, 0.15) is 5.75 Å². The molecule has 10 heteroatoms. The monoisotopic (exact) mass is 437 g/mol. The predicted molar refractivity (Wildman–Crippen MR) is 115 cm³/mol. The van der Waals surface area contributed by atoms with Crippen molar-refractivity contribution in [2.75, 3.05) is 32.6 Å². The standard InChI is InChI=1S/C22H23N5O5/c1-26(14-20(28)23-17-9-6-10-18(11-17)31-2)21(29)15-32-22(30)19-13-27(25-24-19)12-16-7-4-3-5-8-16/h3-11,13H,12,14-15H2,1-2H3,(H,23,28). The third-order valence-electron chi connectivity index (χ3n) is 4.42. The number of carbonyl (C=O) groups excluding carboxylic acids is 3. The SMILES string of the molecule is COc1cccc(NC(=O)CN(C)C(=O)COC(=O)c2cn(Cc3ccccc3)nn2)c1. The average Bonchev–Trinajstić information content (AvgIpc) is 3.26. The van der Waals surface area contributed by atoms with Crippen molar-refractivity contribution in [3.63, 3.8) is 0 Å². The van der Waals surface area contributed by atoms with Gasteiger partial charge in [-0.25, -0.2) is 9.48 Å². The first kappa shape index (κ1) is 22.5. The maximum absolute atomic E-state index is 12.2. The normalized spacial score (nSPS) is 10.3. The lowest BCUT2D eigenvalue weighted by atomic mass is 10.2. The van der Waals surface area contributed by atoms with Gasteiger partial charge in [-0.3, -0.25) is 9.59 Å². The highest BCUT2D eigenvalue weighted by Crippen LogP contribution is 2.16. The Morgan fingerprint density at radius 1 is 1.09 bits per heavy atom. The van der Waals surface area contributed by atoms with Crippen molar-refractivity contribution in [3.05, 3.63) is 72.1 Å². The number of aromatic nitrogens is 3. The maximum atomic E-state index is 12.2. The molecule has 2 amide bonds. The summed E-state index contributed by atoms with van der Waals surface area (Å²) in [6.07, 6.45) is 1.45. The van der Waals surface area contributed by atoms with Gasteiger partial charge in [0.25, 0.3) is 5.91 Å². The first-order chi connectivity index (χ1) is 15.4. The quantitative estimate of drug-likeness (QED) is 0.506. The van der Waals surface area contributed by atoms with E-state index >= 15 is 0 Å². The summed E-state index contributed by atoms with van der Waals surface area (Å²) in [6, 6.07) is 16.4. The number of likely N-dealkylation sites (N-methyl/N-ethyl adjacent to an activating group) is 1. The van der Waals surface area contributed by atoms with Crippen LogP contribution in [0.3, 0.4) is 0 Å². The van der Waals surface area contributed by atoms with Crippen LogP contribution in [0.2, 0.25) is 0 Å². The zero-order chi connectivity index (χ0) is 22.9. The highest BCUT2D eigenvalue weighted by Gasteiger charge is 2.18. The van der Waals surface area contributed by atoms with E-state index in [-0.39, 0.29) is 12.2 Å². The first-order valence-electron chi connectivity index (χ1n) is 9.73. The summed E-state index contributed by atoms with van der Waals surface area (Å²) >= 11 is 0. The van der Waals surface area contributed by atoms with Crippen molar-refractivity contribution in [1.82, 2.24) is 19.9 Å². The molecule has 0 bridgehead atoms. The minimum Gasteiger partial charge on any atom is -0.497 e. The largest absolute Gasteiger partial charge is 0.497 e. The summed E-state index contributed by atoms with van der Waals surface area (Å²) in [5, 5.41) is 10.4. The minimum absolute atomic E-state index is 0.00727. The van der Waals surface area contributed by atoms with Gasteiger partial charge in [0.05, 0.1) is 26.4 Å². The van der Waals surface area contributed by atoms with Gasteiger partial charge in [0.15, 0.2) is 12.3 Å². The summed E-state index contributed by atoms with van der Waals surface area (Å²) in [7, 11) is 2.97. The Hall–Kier alpha value is -4.21. The highest BCUT2D eigenvalue weighted by atomic mass is 16.5. The molecule has 0 saturated heterocycles. The Kier molecular flexibility index (Phi) is 7.52. The number of nitrogens with one attached hydrogen (secondary N) is 1. The second kappa shape index (κ2) is 10.7. The Morgan fingerprint density at radius 3 is 2.62 bits per heavy atom. The van der Waals surface area contributed by atoms with Crippen LogP contribution in [0.5, 0.6) is 5.75 Å². The molecule has 0 fully saturated rings. The average molecular weight is 437 g/mol. The van der Waals surface area contributed by atoms with Gasteiger partial charge >= 0.3 is 5.97 Å². The van der Waals surface area contributed by atoms with Gasteiger partial charge in [-0.1, -0.05) is 41.6 Å². The number of amides is 2. The van der Waals surface area contributed by atoms with Gasteiger partial charge in [-0.05, 0) is 17.7 Å². The number of carbonyl (C=O) groups is 3. The van der Waals surface area contributed by atoms with Crippen molar-refractivity contribution < 1.29 is 23.9 Å². The topological polar surface area (TPSA) is 116 Å². The van der Waals surface area contributed by atoms with Crippen LogP contribution in [0.4, 0.5) is 5.69 Å². The molecule has 0 spiro atoms. The number of esters is 1. The van der Waals surface area contributed by atoms with Crippen molar-refractivity contribution in [2.24, 2.45) is 0 Å². The second-order valence-electron chi connectivity index (χ2n) is 6.89. The van der Waals surface area contributed by atoms with Crippen molar-refractivity contribution in [1.29, 1.82) is 0 Å². The van der Waals surface area contributed by atoms with Crippen LogP contribution in [0, 0.1) is 0 Å². The fourth-order valence-corrected chi connectivity index (χ4v) is 2.76. The molecule has 32 heavy (non-hydrogen) atoms. The predicted octanol–water partition coefficient (Wildman–Crippen LogP) is 1.59. The van der Waals surface area contributed by atoms with Crippen molar-refractivity contribution >= 4 is 23.5 Å². The van der Waals surface area contributed by atoms with Crippen molar-refractivity contribution in [2.45, 2.75) is 6.54 Å². The van der Waals surface area contributed by atoms with E-state index in [1.807, 2.05) is 30.3 Å². The van der Waals surface area contributed by atoms with E-state index in [2.05, 4.69) is 15.6 Å². The molecule has 1 N–H and O–H groups in total. The van der Waals surface area contributed by atoms with Gasteiger partial charge in [-0.2, -0.15) is 0 Å². The fraction of sp³-hybridized carbons (Fsp3) is 0.227. The van der Waals surface area contributed by atoms with Crippen molar-refractivity contribution in [3.8, 4) is 5.75 Å². The number of nitrogens with zero attached hydrogens (tertiary/aromatic N) is 4.